The molecule has 0 bridgehead atoms. The lowest BCUT2D eigenvalue weighted by atomic mass is 9.92. The molecule has 2 unspecified atom stereocenters. The van der Waals surface area contributed by atoms with E-state index in [1.165, 1.54) is 36.9 Å². The van der Waals surface area contributed by atoms with E-state index < -0.39 is 0 Å². The summed E-state index contributed by atoms with van der Waals surface area (Å²) in [5, 5.41) is 12.9. The van der Waals surface area contributed by atoms with Crippen LogP contribution in [0, 0.1) is 5.92 Å². The molecule has 2 N–H and O–H groups in total. The van der Waals surface area contributed by atoms with Gasteiger partial charge in [0.1, 0.15) is 0 Å². The highest BCUT2D eigenvalue weighted by Gasteiger charge is 2.28. The second-order valence-corrected chi connectivity index (χ2v) is 5.87. The van der Waals surface area contributed by atoms with Crippen LogP contribution in [0.15, 0.2) is 24.3 Å². The predicted molar refractivity (Wildman–Crippen MR) is 76.9 cm³/mol. The highest BCUT2D eigenvalue weighted by molar-refractivity contribution is 5.31. The molecular weight excluding hydrogens is 236 g/mol. The van der Waals surface area contributed by atoms with Crippen molar-refractivity contribution in [2.24, 2.45) is 5.92 Å². The minimum absolute atomic E-state index is 0.336. The minimum atomic E-state index is 0.336. The number of likely N-dealkylation sites (tertiary alicyclic amines) is 1. The average Bonchev–Trinajstić information content (AvgIpc) is 2.69. The van der Waals surface area contributed by atoms with E-state index in [0.717, 1.165) is 19.6 Å². The maximum Gasteiger partial charge on any atom is 0.0471 e. The Labute approximate surface area is 115 Å². The van der Waals surface area contributed by atoms with Crippen molar-refractivity contribution >= 4 is 0 Å². The molecule has 2 heterocycles. The highest BCUT2D eigenvalue weighted by atomic mass is 16.3. The van der Waals surface area contributed by atoms with Gasteiger partial charge in [0, 0.05) is 25.7 Å². The van der Waals surface area contributed by atoms with Gasteiger partial charge in [0.05, 0.1) is 0 Å². The Morgan fingerprint density at radius 2 is 2.16 bits per heavy atom. The van der Waals surface area contributed by atoms with Gasteiger partial charge in [-0.15, -0.1) is 0 Å². The van der Waals surface area contributed by atoms with Crippen molar-refractivity contribution in [2.75, 3.05) is 26.2 Å². The summed E-state index contributed by atoms with van der Waals surface area (Å²) < 4.78 is 0. The van der Waals surface area contributed by atoms with Crippen LogP contribution >= 0.6 is 0 Å². The molecule has 1 aromatic carbocycles. The summed E-state index contributed by atoms with van der Waals surface area (Å²) in [6.45, 7) is 4.64. The van der Waals surface area contributed by atoms with E-state index in [2.05, 4.69) is 34.5 Å². The number of piperidine rings is 1. The lowest BCUT2D eigenvalue weighted by molar-refractivity contribution is 0.0848. The van der Waals surface area contributed by atoms with Crippen LogP contribution in [0.25, 0.3) is 0 Å². The SMILES string of the molecule is OCC1CCCN(C2CCNCc3ccccc32)C1. The minimum Gasteiger partial charge on any atom is -0.396 e. The first-order chi connectivity index (χ1) is 9.38. The summed E-state index contributed by atoms with van der Waals surface area (Å²) in [5.74, 6) is 0.470. The summed E-state index contributed by atoms with van der Waals surface area (Å²) in [4.78, 5) is 2.59. The lowest BCUT2D eigenvalue weighted by Crippen LogP contribution is -2.39. The smallest absolute Gasteiger partial charge is 0.0471 e. The summed E-state index contributed by atoms with van der Waals surface area (Å²) in [6.07, 6.45) is 3.58. The summed E-state index contributed by atoms with van der Waals surface area (Å²) in [6, 6.07) is 9.35. The van der Waals surface area contributed by atoms with Gasteiger partial charge in [-0.25, -0.2) is 0 Å². The predicted octanol–water partition coefficient (Wildman–Crippen LogP) is 1.93. The van der Waals surface area contributed by atoms with Gasteiger partial charge in [-0.2, -0.15) is 0 Å². The maximum atomic E-state index is 9.42. The molecule has 3 nitrogen and oxygen atoms in total. The molecular formula is C16H24N2O. The molecule has 3 rings (SSSR count). The van der Waals surface area contributed by atoms with Gasteiger partial charge >= 0.3 is 0 Å². The molecule has 0 saturated carbocycles. The van der Waals surface area contributed by atoms with Crippen molar-refractivity contribution in [3.05, 3.63) is 35.4 Å². The van der Waals surface area contributed by atoms with E-state index in [0.29, 0.717) is 18.6 Å². The monoisotopic (exact) mass is 260 g/mol. The number of aliphatic hydroxyl groups is 1. The van der Waals surface area contributed by atoms with E-state index in [1.54, 1.807) is 0 Å². The van der Waals surface area contributed by atoms with Gasteiger partial charge in [0.25, 0.3) is 0 Å². The van der Waals surface area contributed by atoms with Crippen molar-refractivity contribution in [3.8, 4) is 0 Å². The number of fused-ring (bicyclic) bond motifs is 1. The molecule has 0 spiro atoms. The number of rotatable bonds is 2. The van der Waals surface area contributed by atoms with E-state index in [-0.39, 0.29) is 0 Å². The van der Waals surface area contributed by atoms with Crippen LogP contribution in [0.3, 0.4) is 0 Å². The zero-order valence-electron chi connectivity index (χ0n) is 11.5. The molecule has 104 valence electrons. The van der Waals surface area contributed by atoms with Gasteiger partial charge in [-0.05, 0) is 49.4 Å². The van der Waals surface area contributed by atoms with Gasteiger partial charge in [-0.1, -0.05) is 24.3 Å². The zero-order valence-corrected chi connectivity index (χ0v) is 11.5. The molecule has 2 aliphatic rings. The quantitative estimate of drug-likeness (QED) is 0.853. The Kier molecular flexibility index (Phi) is 4.16. The summed E-state index contributed by atoms with van der Waals surface area (Å²) in [7, 11) is 0. The van der Waals surface area contributed by atoms with Crippen molar-refractivity contribution in [1.82, 2.24) is 10.2 Å². The summed E-state index contributed by atoms with van der Waals surface area (Å²) >= 11 is 0. The van der Waals surface area contributed by atoms with Crippen LogP contribution in [0.4, 0.5) is 0 Å². The van der Waals surface area contributed by atoms with Crippen LogP contribution in [0.2, 0.25) is 0 Å². The third-order valence-electron chi connectivity index (χ3n) is 4.57. The molecule has 0 radical (unpaired) electrons. The molecule has 1 saturated heterocycles. The van der Waals surface area contributed by atoms with Crippen molar-refractivity contribution in [2.45, 2.75) is 31.8 Å². The number of nitrogens with zero attached hydrogens (tertiary/aromatic N) is 1. The third kappa shape index (κ3) is 2.83. The molecule has 1 aromatic rings. The first-order valence-electron chi connectivity index (χ1n) is 7.52. The molecule has 0 amide bonds. The number of hydrogen-bond acceptors (Lipinski definition) is 3. The van der Waals surface area contributed by atoms with Crippen LogP contribution in [-0.4, -0.2) is 36.2 Å². The van der Waals surface area contributed by atoms with Crippen molar-refractivity contribution in [3.63, 3.8) is 0 Å². The first-order valence-corrected chi connectivity index (χ1v) is 7.52. The Morgan fingerprint density at radius 3 is 3.05 bits per heavy atom. The van der Waals surface area contributed by atoms with Crippen LogP contribution < -0.4 is 5.32 Å². The second-order valence-electron chi connectivity index (χ2n) is 5.87. The standard InChI is InChI=1S/C16H24N2O/c19-12-13-4-3-9-18(11-13)16-7-8-17-10-14-5-1-2-6-15(14)16/h1-2,5-6,13,16-17,19H,3-4,7-12H2. The number of nitrogens with one attached hydrogen (secondary N) is 1. The molecule has 2 atom stereocenters. The van der Waals surface area contributed by atoms with Crippen LogP contribution in [0.1, 0.15) is 36.4 Å². The number of benzene rings is 1. The van der Waals surface area contributed by atoms with Gasteiger partial charge in [0.15, 0.2) is 0 Å². The second kappa shape index (κ2) is 6.04. The van der Waals surface area contributed by atoms with E-state index in [9.17, 15) is 5.11 Å². The average molecular weight is 260 g/mol. The Balaban J connectivity index is 1.83. The Hall–Kier alpha value is -0.900. The van der Waals surface area contributed by atoms with Gasteiger partial charge in [-0.3, -0.25) is 4.90 Å². The lowest BCUT2D eigenvalue weighted by Gasteiger charge is -2.38. The number of aliphatic hydroxyl groups excluding tert-OH is 1. The first kappa shape index (κ1) is 13.1. The maximum absolute atomic E-state index is 9.42. The fraction of sp³-hybridized carbons (Fsp3) is 0.625. The van der Waals surface area contributed by atoms with Crippen LogP contribution in [0.5, 0.6) is 0 Å². The van der Waals surface area contributed by atoms with Gasteiger partial charge in [0.2, 0.25) is 0 Å². The van der Waals surface area contributed by atoms with Crippen molar-refractivity contribution < 1.29 is 5.11 Å². The Bertz CT molecular complexity index is 421. The molecule has 3 heteroatoms. The largest absolute Gasteiger partial charge is 0.396 e. The Morgan fingerprint density at radius 1 is 1.26 bits per heavy atom. The van der Waals surface area contributed by atoms with E-state index >= 15 is 0 Å². The third-order valence-corrected chi connectivity index (χ3v) is 4.57. The number of hydrogen-bond donors (Lipinski definition) is 2. The normalized spacial score (nSPS) is 28.7. The zero-order chi connectivity index (χ0) is 13.1. The molecule has 2 aliphatic heterocycles. The molecule has 1 fully saturated rings. The van der Waals surface area contributed by atoms with Gasteiger partial charge < -0.3 is 10.4 Å². The van der Waals surface area contributed by atoms with Crippen molar-refractivity contribution in [1.29, 1.82) is 0 Å². The van der Waals surface area contributed by atoms with E-state index in [1.807, 2.05) is 0 Å². The highest BCUT2D eigenvalue weighted by Crippen LogP contribution is 2.32. The molecule has 0 aromatic heterocycles. The molecule has 19 heavy (non-hydrogen) atoms. The molecule has 0 aliphatic carbocycles. The fourth-order valence-corrected chi connectivity index (χ4v) is 3.55. The fourth-order valence-electron chi connectivity index (χ4n) is 3.55. The van der Waals surface area contributed by atoms with E-state index in [4.69, 9.17) is 0 Å². The van der Waals surface area contributed by atoms with Crippen LogP contribution in [-0.2, 0) is 6.54 Å². The topological polar surface area (TPSA) is 35.5 Å². The summed E-state index contributed by atoms with van der Waals surface area (Å²) in [5.41, 5.74) is 2.93.